The molecule has 6 heteroatoms. The van der Waals surface area contributed by atoms with Crippen molar-refractivity contribution in [1.29, 1.82) is 0 Å². The van der Waals surface area contributed by atoms with Crippen LogP contribution in [-0.4, -0.2) is 23.7 Å². The number of aromatic nitrogens is 1. The van der Waals surface area contributed by atoms with Gasteiger partial charge in [0.1, 0.15) is 11.5 Å². The van der Waals surface area contributed by atoms with Gasteiger partial charge in [0.05, 0.1) is 17.7 Å². The summed E-state index contributed by atoms with van der Waals surface area (Å²) < 4.78 is 12.1. The van der Waals surface area contributed by atoms with E-state index in [1.807, 2.05) is 25.1 Å². The molecular formula is C26H31ClN2O3. The highest BCUT2D eigenvalue weighted by Crippen LogP contribution is 2.44. The molecule has 1 saturated carbocycles. The molecule has 1 fully saturated rings. The lowest BCUT2D eigenvalue weighted by atomic mass is 9.64. The van der Waals surface area contributed by atoms with Gasteiger partial charge >= 0.3 is 0 Å². The zero-order valence-electron chi connectivity index (χ0n) is 18.7. The fourth-order valence-electron chi connectivity index (χ4n) is 5.01. The van der Waals surface area contributed by atoms with Gasteiger partial charge < -0.3 is 20.2 Å². The monoisotopic (exact) mass is 454 g/mol. The first kappa shape index (κ1) is 22.7. The molecule has 1 heterocycles. The number of aromatic amines is 1. The molecule has 1 aliphatic carbocycles. The number of hydrogen-bond acceptors (Lipinski definition) is 4. The predicted molar refractivity (Wildman–Crippen MR) is 130 cm³/mol. The predicted octanol–water partition coefficient (Wildman–Crippen LogP) is 5.58. The first-order valence-corrected chi connectivity index (χ1v) is 11.8. The quantitative estimate of drug-likeness (QED) is 0.488. The van der Waals surface area contributed by atoms with Gasteiger partial charge in [0.15, 0.2) is 0 Å². The van der Waals surface area contributed by atoms with Gasteiger partial charge in [-0.05, 0) is 80.3 Å². The van der Waals surface area contributed by atoms with E-state index in [9.17, 15) is 4.79 Å². The smallest absolute Gasteiger partial charge is 0.255 e. The summed E-state index contributed by atoms with van der Waals surface area (Å²) >= 11 is 6.45. The zero-order valence-corrected chi connectivity index (χ0v) is 19.5. The van der Waals surface area contributed by atoms with Crippen LogP contribution < -0.4 is 20.8 Å². The SMILES string of the molecule is CCOc1cccc([C@]2([C@H](N)CC)CC[C@H](Oc3cc4cc[nH]c(=O)c4cc3Cl)CC2)c1. The average molecular weight is 455 g/mol. The molecule has 0 aliphatic heterocycles. The van der Waals surface area contributed by atoms with E-state index in [1.54, 1.807) is 12.3 Å². The third-order valence-electron chi connectivity index (χ3n) is 6.81. The van der Waals surface area contributed by atoms with Gasteiger partial charge in [0.2, 0.25) is 0 Å². The van der Waals surface area contributed by atoms with E-state index < -0.39 is 0 Å². The van der Waals surface area contributed by atoms with Crippen LogP contribution in [0.25, 0.3) is 10.8 Å². The first-order chi connectivity index (χ1) is 15.5. The first-order valence-electron chi connectivity index (χ1n) is 11.4. The number of H-pyrrole nitrogens is 1. The van der Waals surface area contributed by atoms with Gasteiger partial charge in [0.25, 0.3) is 5.56 Å². The Bertz CT molecular complexity index is 1140. The molecule has 170 valence electrons. The van der Waals surface area contributed by atoms with E-state index in [4.69, 9.17) is 26.8 Å². The van der Waals surface area contributed by atoms with Crippen LogP contribution in [-0.2, 0) is 5.41 Å². The molecule has 0 unspecified atom stereocenters. The lowest BCUT2D eigenvalue weighted by Gasteiger charge is -2.44. The summed E-state index contributed by atoms with van der Waals surface area (Å²) in [6, 6.07) is 13.9. The third kappa shape index (κ3) is 4.37. The van der Waals surface area contributed by atoms with Crippen LogP contribution >= 0.6 is 11.6 Å². The number of nitrogens with two attached hydrogens (primary N) is 1. The van der Waals surface area contributed by atoms with Crippen LogP contribution in [0.4, 0.5) is 0 Å². The molecule has 0 radical (unpaired) electrons. The van der Waals surface area contributed by atoms with Crippen molar-refractivity contribution in [3.8, 4) is 11.5 Å². The van der Waals surface area contributed by atoms with Crippen LogP contribution in [0.3, 0.4) is 0 Å². The van der Waals surface area contributed by atoms with Crippen molar-refractivity contribution < 1.29 is 9.47 Å². The van der Waals surface area contributed by atoms with Crippen LogP contribution in [0.15, 0.2) is 53.5 Å². The number of hydrogen-bond donors (Lipinski definition) is 2. The standard InChI is InChI=1S/C26H31ClN2O3/c1-3-24(28)26(18-6-5-7-20(15-18)31-4-2)11-8-19(9-12-26)32-23-14-17-10-13-29-25(30)21(17)16-22(23)27/h5-7,10,13-16,19,24H,3-4,8-9,11-12,28H2,1-2H3,(H,29,30)/t19-,24-,26-/m1/s1. The van der Waals surface area contributed by atoms with Gasteiger partial charge in [-0.15, -0.1) is 0 Å². The van der Waals surface area contributed by atoms with Crippen molar-refractivity contribution in [3.05, 3.63) is 69.6 Å². The number of ether oxygens (including phenoxy) is 2. The topological polar surface area (TPSA) is 77.3 Å². The van der Waals surface area contributed by atoms with Gasteiger partial charge in [-0.3, -0.25) is 4.79 Å². The van der Waals surface area contributed by atoms with Crippen molar-refractivity contribution in [3.63, 3.8) is 0 Å². The maximum Gasteiger partial charge on any atom is 0.255 e. The fraction of sp³-hybridized carbons (Fsp3) is 0.423. The average Bonchev–Trinajstić information content (AvgIpc) is 2.81. The number of fused-ring (bicyclic) bond motifs is 1. The minimum Gasteiger partial charge on any atom is -0.494 e. The third-order valence-corrected chi connectivity index (χ3v) is 7.11. The summed E-state index contributed by atoms with van der Waals surface area (Å²) in [7, 11) is 0. The molecule has 1 aromatic heterocycles. The largest absolute Gasteiger partial charge is 0.494 e. The van der Waals surface area contributed by atoms with Crippen LogP contribution in [0.5, 0.6) is 11.5 Å². The number of rotatable bonds is 7. The van der Waals surface area contributed by atoms with Crippen LogP contribution in [0, 0.1) is 0 Å². The molecule has 3 N–H and O–H groups in total. The van der Waals surface area contributed by atoms with Gasteiger partial charge in [-0.1, -0.05) is 30.7 Å². The summed E-state index contributed by atoms with van der Waals surface area (Å²) in [4.78, 5) is 14.7. The lowest BCUT2D eigenvalue weighted by molar-refractivity contribution is 0.104. The highest BCUT2D eigenvalue weighted by molar-refractivity contribution is 6.32. The van der Waals surface area contributed by atoms with Crippen LogP contribution in [0.1, 0.15) is 51.5 Å². The number of halogens is 1. The van der Waals surface area contributed by atoms with Crippen molar-refractivity contribution in [2.45, 2.75) is 63.5 Å². The minimum absolute atomic E-state index is 0.0548. The lowest BCUT2D eigenvalue weighted by Crippen LogP contribution is -2.48. The highest BCUT2D eigenvalue weighted by atomic mass is 35.5. The Morgan fingerprint density at radius 2 is 1.97 bits per heavy atom. The van der Waals surface area contributed by atoms with Gasteiger partial charge in [-0.2, -0.15) is 0 Å². The highest BCUT2D eigenvalue weighted by Gasteiger charge is 2.42. The summed E-state index contributed by atoms with van der Waals surface area (Å²) in [6.45, 7) is 4.79. The molecule has 0 spiro atoms. The molecule has 4 rings (SSSR count). The number of pyridine rings is 1. The van der Waals surface area contributed by atoms with Gasteiger partial charge in [-0.25, -0.2) is 0 Å². The molecule has 0 saturated heterocycles. The van der Waals surface area contributed by atoms with E-state index in [2.05, 4.69) is 30.1 Å². The van der Waals surface area contributed by atoms with Crippen LogP contribution in [0.2, 0.25) is 5.02 Å². The molecule has 3 aromatic rings. The Kier molecular flexibility index (Phi) is 6.77. The second kappa shape index (κ2) is 9.55. The Labute approximate surface area is 193 Å². The Morgan fingerprint density at radius 3 is 2.69 bits per heavy atom. The second-order valence-corrected chi connectivity index (χ2v) is 9.03. The van der Waals surface area contributed by atoms with E-state index in [1.165, 1.54) is 5.56 Å². The summed E-state index contributed by atoms with van der Waals surface area (Å²) in [5.74, 6) is 1.52. The van der Waals surface area contributed by atoms with Crippen molar-refractivity contribution in [2.75, 3.05) is 6.61 Å². The molecule has 0 amide bonds. The van der Waals surface area contributed by atoms with Crippen molar-refractivity contribution >= 4 is 22.4 Å². The van der Waals surface area contributed by atoms with E-state index in [0.717, 1.165) is 43.2 Å². The van der Waals surface area contributed by atoms with Gasteiger partial charge in [0, 0.05) is 23.0 Å². The fourth-order valence-corrected chi connectivity index (χ4v) is 5.22. The van der Waals surface area contributed by atoms with E-state index >= 15 is 0 Å². The Balaban J connectivity index is 1.55. The van der Waals surface area contributed by atoms with E-state index in [0.29, 0.717) is 22.8 Å². The summed E-state index contributed by atoms with van der Waals surface area (Å²) in [5, 5.41) is 1.84. The molecule has 32 heavy (non-hydrogen) atoms. The van der Waals surface area contributed by atoms with Crippen molar-refractivity contribution in [1.82, 2.24) is 4.98 Å². The second-order valence-electron chi connectivity index (χ2n) is 8.63. The maximum absolute atomic E-state index is 12.0. The van der Waals surface area contributed by atoms with Crippen molar-refractivity contribution in [2.24, 2.45) is 5.73 Å². The number of benzene rings is 2. The Hall–Kier alpha value is -2.50. The molecule has 2 aromatic carbocycles. The molecule has 5 nitrogen and oxygen atoms in total. The van der Waals surface area contributed by atoms with E-state index in [-0.39, 0.29) is 23.1 Å². The number of nitrogens with one attached hydrogen (secondary N) is 1. The summed E-state index contributed by atoms with van der Waals surface area (Å²) in [6.07, 6.45) is 6.25. The maximum atomic E-state index is 12.0. The molecular weight excluding hydrogens is 424 g/mol. The molecule has 1 atom stereocenters. The normalized spacial score (nSPS) is 21.9. The molecule has 0 bridgehead atoms. The Morgan fingerprint density at radius 1 is 1.19 bits per heavy atom. The minimum atomic E-state index is -0.152. The zero-order chi connectivity index (χ0) is 22.7. The summed E-state index contributed by atoms with van der Waals surface area (Å²) in [5.41, 5.74) is 7.70. The molecule has 1 aliphatic rings.